The molecule has 3 N–H and O–H groups in total. The second kappa shape index (κ2) is 15.6. The minimum Gasteiger partial charge on any atom is -0.497 e. The molecule has 3 amide bonds. The number of aliphatic hydroxyl groups excluding tert-OH is 1. The van der Waals surface area contributed by atoms with Crippen LogP contribution in [0.5, 0.6) is 5.75 Å². The van der Waals surface area contributed by atoms with Gasteiger partial charge in [0.2, 0.25) is 0 Å². The molecule has 0 aliphatic heterocycles. The number of hydrogen-bond donors (Lipinski definition) is 3. The van der Waals surface area contributed by atoms with Crippen LogP contribution in [-0.4, -0.2) is 49.4 Å². The van der Waals surface area contributed by atoms with Crippen LogP contribution in [0.3, 0.4) is 0 Å². The van der Waals surface area contributed by atoms with Crippen molar-refractivity contribution < 1.29 is 42.1 Å². The molecule has 1 aliphatic carbocycles. The molecular formula is C34H38F3N3O6. The first-order chi connectivity index (χ1) is 22.0. The topological polar surface area (TPSA) is 117 Å². The van der Waals surface area contributed by atoms with Crippen molar-refractivity contribution in [3.05, 3.63) is 89.0 Å². The fraction of sp³-hybridized carbons (Fsp3) is 0.382. The summed E-state index contributed by atoms with van der Waals surface area (Å²) in [6.45, 7) is 1.41. The van der Waals surface area contributed by atoms with Crippen molar-refractivity contribution in [2.45, 2.75) is 63.8 Å². The van der Waals surface area contributed by atoms with Gasteiger partial charge in [-0.3, -0.25) is 9.69 Å². The number of anilines is 2. The van der Waals surface area contributed by atoms with E-state index in [-0.39, 0.29) is 36.7 Å². The lowest BCUT2D eigenvalue weighted by molar-refractivity contribution is -0.152. The number of urea groups is 1. The normalized spacial score (nSPS) is 14.2. The Morgan fingerprint density at radius 2 is 1.65 bits per heavy atom. The summed E-state index contributed by atoms with van der Waals surface area (Å²) in [6.07, 6.45) is -0.392. The highest BCUT2D eigenvalue weighted by molar-refractivity contribution is 6.02. The summed E-state index contributed by atoms with van der Waals surface area (Å²) in [7, 11) is 1.24. The molecule has 0 aromatic heterocycles. The molecule has 0 unspecified atom stereocenters. The number of nitrogens with zero attached hydrogens (tertiary/aromatic N) is 1. The third-order valence-electron chi connectivity index (χ3n) is 7.82. The minimum atomic E-state index is -4.65. The molecule has 3 aromatic rings. The van der Waals surface area contributed by atoms with Crippen molar-refractivity contribution in [2.24, 2.45) is 0 Å². The lowest BCUT2D eigenvalue weighted by atomic mass is 9.84. The number of ether oxygens (including phenoxy) is 2. The van der Waals surface area contributed by atoms with Crippen LogP contribution in [0.4, 0.5) is 29.3 Å². The van der Waals surface area contributed by atoms with Crippen molar-refractivity contribution >= 4 is 29.3 Å². The number of carbonyl (C=O) groups excluding carboxylic acids is 3. The molecule has 1 aliphatic rings. The van der Waals surface area contributed by atoms with E-state index in [9.17, 15) is 32.7 Å². The van der Waals surface area contributed by atoms with E-state index in [0.717, 1.165) is 25.0 Å². The predicted molar refractivity (Wildman–Crippen MR) is 167 cm³/mol. The van der Waals surface area contributed by atoms with Gasteiger partial charge in [-0.2, -0.15) is 13.2 Å². The van der Waals surface area contributed by atoms with Crippen molar-refractivity contribution in [3.63, 3.8) is 0 Å². The van der Waals surface area contributed by atoms with Gasteiger partial charge in [0.05, 0.1) is 32.4 Å². The van der Waals surface area contributed by atoms with E-state index in [1.807, 2.05) is 24.3 Å². The van der Waals surface area contributed by atoms with Gasteiger partial charge in [-0.15, -0.1) is 0 Å². The largest absolute Gasteiger partial charge is 0.497 e. The predicted octanol–water partition coefficient (Wildman–Crippen LogP) is 6.65. The summed E-state index contributed by atoms with van der Waals surface area (Å²) in [4.78, 5) is 39.2. The SMILES string of the molecule is CCOC(=O)[C@H](O)CNC(=O)c1ccc(CN(C(=O)Nc2cc(OC)cc(C(F)(F)F)c2)c2ccc(C3CCCCC3)cc2)cc1. The second-order valence-electron chi connectivity index (χ2n) is 11.1. The highest BCUT2D eigenvalue weighted by Crippen LogP contribution is 2.35. The van der Waals surface area contributed by atoms with E-state index >= 15 is 0 Å². The number of amides is 3. The molecule has 246 valence electrons. The van der Waals surface area contributed by atoms with E-state index in [2.05, 4.69) is 10.6 Å². The molecule has 1 fully saturated rings. The summed E-state index contributed by atoms with van der Waals surface area (Å²) >= 11 is 0. The summed E-state index contributed by atoms with van der Waals surface area (Å²) in [5.74, 6) is -0.981. The van der Waals surface area contributed by atoms with Gasteiger partial charge in [0, 0.05) is 23.0 Å². The average Bonchev–Trinajstić information content (AvgIpc) is 3.06. The molecule has 46 heavy (non-hydrogen) atoms. The zero-order valence-electron chi connectivity index (χ0n) is 25.7. The maximum absolute atomic E-state index is 13.7. The number of hydrogen-bond acceptors (Lipinski definition) is 6. The Morgan fingerprint density at radius 1 is 0.978 bits per heavy atom. The number of nitrogens with one attached hydrogen (secondary N) is 2. The van der Waals surface area contributed by atoms with Crippen molar-refractivity contribution in [3.8, 4) is 5.75 Å². The second-order valence-corrected chi connectivity index (χ2v) is 11.1. The zero-order valence-corrected chi connectivity index (χ0v) is 25.7. The first kappa shape index (κ1) is 34.3. The standard InChI is InChI=1S/C34H38F3N3O6/c1-3-46-32(43)30(41)20-38-31(42)25-11-9-22(10-12-25)21-40(28-15-13-24(14-16-28)23-7-5-4-6-8-23)33(44)39-27-17-26(34(35,36)37)18-29(19-27)45-2/h9-19,23,30,41H,3-8,20-21H2,1-2H3,(H,38,42)(H,39,44)/t30-/m1/s1. The molecule has 4 rings (SSSR count). The van der Waals surface area contributed by atoms with Gasteiger partial charge in [0.1, 0.15) is 5.75 Å². The average molecular weight is 642 g/mol. The molecule has 9 nitrogen and oxygen atoms in total. The van der Waals surface area contributed by atoms with Gasteiger partial charge < -0.3 is 25.2 Å². The first-order valence-electron chi connectivity index (χ1n) is 15.1. The molecule has 0 heterocycles. The van der Waals surface area contributed by atoms with Crippen LogP contribution in [0.2, 0.25) is 0 Å². The maximum Gasteiger partial charge on any atom is 0.416 e. The van der Waals surface area contributed by atoms with Gasteiger partial charge in [-0.25, -0.2) is 9.59 Å². The van der Waals surface area contributed by atoms with E-state index in [1.54, 1.807) is 19.1 Å². The number of rotatable bonds is 11. The fourth-order valence-corrected chi connectivity index (χ4v) is 5.34. The number of halogens is 3. The Bertz CT molecular complexity index is 1490. The van der Waals surface area contributed by atoms with Gasteiger partial charge in [0.15, 0.2) is 6.10 Å². The van der Waals surface area contributed by atoms with Crippen LogP contribution < -0.4 is 20.3 Å². The van der Waals surface area contributed by atoms with Crippen LogP contribution in [0.25, 0.3) is 0 Å². The fourth-order valence-electron chi connectivity index (χ4n) is 5.34. The van der Waals surface area contributed by atoms with Crippen molar-refractivity contribution in [1.29, 1.82) is 0 Å². The first-order valence-corrected chi connectivity index (χ1v) is 15.1. The van der Waals surface area contributed by atoms with Crippen LogP contribution >= 0.6 is 0 Å². The number of carbonyl (C=O) groups is 3. The number of alkyl halides is 3. The monoisotopic (exact) mass is 641 g/mol. The van der Waals surface area contributed by atoms with E-state index in [0.29, 0.717) is 17.2 Å². The zero-order chi connectivity index (χ0) is 33.3. The Labute approximate surface area is 265 Å². The molecule has 12 heteroatoms. The van der Waals surface area contributed by atoms with E-state index < -0.39 is 35.8 Å². The quantitative estimate of drug-likeness (QED) is 0.202. The van der Waals surface area contributed by atoms with Crippen molar-refractivity contribution in [1.82, 2.24) is 5.32 Å². The van der Waals surface area contributed by atoms with Gasteiger partial charge in [-0.1, -0.05) is 43.5 Å². The third-order valence-corrected chi connectivity index (χ3v) is 7.82. The van der Waals surface area contributed by atoms with Gasteiger partial charge in [-0.05, 0) is 73.2 Å². The molecule has 0 saturated heterocycles. The Kier molecular flexibility index (Phi) is 11.6. The number of aliphatic hydroxyl groups is 1. The Balaban J connectivity index is 1.54. The smallest absolute Gasteiger partial charge is 0.416 e. The highest BCUT2D eigenvalue weighted by atomic mass is 19.4. The third kappa shape index (κ3) is 9.23. The van der Waals surface area contributed by atoms with Crippen LogP contribution in [-0.2, 0) is 22.3 Å². The van der Waals surface area contributed by atoms with Crippen molar-refractivity contribution in [2.75, 3.05) is 30.5 Å². The van der Waals surface area contributed by atoms with E-state index in [1.165, 1.54) is 55.0 Å². The summed E-state index contributed by atoms with van der Waals surface area (Å²) in [6, 6.07) is 16.3. The maximum atomic E-state index is 13.7. The van der Waals surface area contributed by atoms with Crippen LogP contribution in [0.15, 0.2) is 66.7 Å². The lowest BCUT2D eigenvalue weighted by Gasteiger charge is -2.26. The minimum absolute atomic E-state index is 0.0359. The van der Waals surface area contributed by atoms with Gasteiger partial charge >= 0.3 is 18.2 Å². The van der Waals surface area contributed by atoms with Crippen LogP contribution in [0, 0.1) is 0 Å². The molecule has 1 atom stereocenters. The summed E-state index contributed by atoms with van der Waals surface area (Å²) < 4.78 is 50.3. The molecular weight excluding hydrogens is 603 g/mol. The Hall–Kier alpha value is -4.58. The molecule has 0 radical (unpaired) electrons. The lowest BCUT2D eigenvalue weighted by Crippen LogP contribution is -2.37. The highest BCUT2D eigenvalue weighted by Gasteiger charge is 2.32. The molecule has 3 aromatic carbocycles. The molecule has 0 spiro atoms. The molecule has 1 saturated carbocycles. The Morgan fingerprint density at radius 3 is 2.26 bits per heavy atom. The van der Waals surface area contributed by atoms with E-state index in [4.69, 9.17) is 9.47 Å². The number of methoxy groups -OCH3 is 1. The number of benzene rings is 3. The molecule has 0 bridgehead atoms. The van der Waals surface area contributed by atoms with Gasteiger partial charge in [0.25, 0.3) is 5.91 Å². The number of esters is 1. The summed E-state index contributed by atoms with van der Waals surface area (Å²) in [5, 5.41) is 14.9. The van der Waals surface area contributed by atoms with Crippen LogP contribution in [0.1, 0.15) is 72.0 Å². The summed E-state index contributed by atoms with van der Waals surface area (Å²) in [5.41, 5.74) is 1.55.